The molecule has 2 saturated heterocycles. The first-order valence-corrected chi connectivity index (χ1v) is 9.96. The first-order valence-electron chi connectivity index (χ1n) is 9.96. The molecule has 136 valence electrons. The molecule has 2 aromatic carbocycles. The first kappa shape index (κ1) is 16.6. The zero-order valence-corrected chi connectivity index (χ0v) is 15.4. The number of carbonyl (C=O) groups is 1. The smallest absolute Gasteiger partial charge is 0.166 e. The van der Waals surface area contributed by atoms with Gasteiger partial charge in [0, 0.05) is 41.7 Å². The molecule has 5 rings (SSSR count). The zero-order valence-electron chi connectivity index (χ0n) is 15.4. The van der Waals surface area contributed by atoms with Gasteiger partial charge < -0.3 is 0 Å². The summed E-state index contributed by atoms with van der Waals surface area (Å²) >= 11 is 0. The third kappa shape index (κ3) is 3.17. The van der Waals surface area contributed by atoms with E-state index in [-0.39, 0.29) is 5.92 Å². The highest BCUT2D eigenvalue weighted by Gasteiger charge is 2.42. The SMILES string of the molecule is O=C(c1ccc2cccnc2c1)C1CC2CCC(C1)N2Cc1ccccc1. The maximum Gasteiger partial charge on any atom is 0.166 e. The third-order valence-electron chi connectivity index (χ3n) is 6.35. The quantitative estimate of drug-likeness (QED) is 0.626. The monoisotopic (exact) mass is 356 g/mol. The molecular formula is C24H24N2O. The van der Waals surface area contributed by atoms with Gasteiger partial charge in [0.25, 0.3) is 0 Å². The molecule has 1 aromatic heterocycles. The number of nitrogens with zero attached hydrogens (tertiary/aromatic N) is 2. The van der Waals surface area contributed by atoms with Crippen LogP contribution < -0.4 is 0 Å². The number of carbonyl (C=O) groups excluding carboxylic acids is 1. The Balaban J connectivity index is 1.33. The van der Waals surface area contributed by atoms with Crippen molar-refractivity contribution in [2.45, 2.75) is 44.3 Å². The van der Waals surface area contributed by atoms with Gasteiger partial charge in [-0.05, 0) is 43.4 Å². The number of pyridine rings is 1. The molecule has 2 aliphatic rings. The van der Waals surface area contributed by atoms with Gasteiger partial charge >= 0.3 is 0 Å². The molecule has 0 aliphatic carbocycles. The molecule has 2 unspecified atom stereocenters. The molecule has 3 heterocycles. The van der Waals surface area contributed by atoms with Crippen LogP contribution in [0.5, 0.6) is 0 Å². The van der Waals surface area contributed by atoms with Gasteiger partial charge in [-0.3, -0.25) is 14.7 Å². The molecule has 2 atom stereocenters. The lowest BCUT2D eigenvalue weighted by molar-refractivity contribution is 0.0678. The number of hydrogen-bond donors (Lipinski definition) is 0. The van der Waals surface area contributed by atoms with Crippen molar-refractivity contribution in [3.05, 3.63) is 78.0 Å². The minimum Gasteiger partial charge on any atom is -0.294 e. The Morgan fingerprint density at radius 2 is 1.74 bits per heavy atom. The summed E-state index contributed by atoms with van der Waals surface area (Å²) in [5.41, 5.74) is 3.11. The maximum absolute atomic E-state index is 13.2. The van der Waals surface area contributed by atoms with E-state index in [9.17, 15) is 4.79 Å². The van der Waals surface area contributed by atoms with Crippen LogP contribution >= 0.6 is 0 Å². The van der Waals surface area contributed by atoms with E-state index < -0.39 is 0 Å². The van der Waals surface area contributed by atoms with Crippen LogP contribution in [0.25, 0.3) is 10.9 Å². The minimum absolute atomic E-state index is 0.149. The van der Waals surface area contributed by atoms with Gasteiger partial charge in [-0.15, -0.1) is 0 Å². The Hall–Kier alpha value is -2.52. The fourth-order valence-corrected chi connectivity index (χ4v) is 5.00. The Bertz CT molecular complexity index is 954. The lowest BCUT2D eigenvalue weighted by Crippen LogP contribution is -2.44. The third-order valence-corrected chi connectivity index (χ3v) is 6.35. The van der Waals surface area contributed by atoms with E-state index in [1.807, 2.05) is 30.3 Å². The molecule has 3 aromatic rings. The Morgan fingerprint density at radius 1 is 0.963 bits per heavy atom. The summed E-state index contributed by atoms with van der Waals surface area (Å²) in [4.78, 5) is 20.2. The van der Waals surface area contributed by atoms with E-state index in [1.165, 1.54) is 18.4 Å². The van der Waals surface area contributed by atoms with Crippen molar-refractivity contribution >= 4 is 16.7 Å². The molecule has 0 N–H and O–H groups in total. The van der Waals surface area contributed by atoms with E-state index in [2.05, 4.69) is 40.2 Å². The van der Waals surface area contributed by atoms with Crippen molar-refractivity contribution in [1.29, 1.82) is 0 Å². The minimum atomic E-state index is 0.149. The molecule has 0 radical (unpaired) electrons. The number of piperidine rings is 1. The molecular weight excluding hydrogens is 332 g/mol. The number of ketones is 1. The van der Waals surface area contributed by atoms with Crippen LogP contribution in [0.15, 0.2) is 66.9 Å². The molecule has 2 fully saturated rings. The summed E-state index contributed by atoms with van der Waals surface area (Å²) in [5, 5.41) is 1.09. The lowest BCUT2D eigenvalue weighted by atomic mass is 9.84. The molecule has 27 heavy (non-hydrogen) atoms. The van der Waals surface area contributed by atoms with Crippen molar-refractivity contribution < 1.29 is 4.79 Å². The van der Waals surface area contributed by atoms with Crippen LogP contribution in [0.1, 0.15) is 41.6 Å². The highest BCUT2D eigenvalue weighted by Crippen LogP contribution is 2.40. The van der Waals surface area contributed by atoms with Gasteiger partial charge in [0.2, 0.25) is 0 Å². The summed E-state index contributed by atoms with van der Waals surface area (Å²) in [6.45, 7) is 1.01. The van der Waals surface area contributed by atoms with E-state index in [1.54, 1.807) is 6.20 Å². The predicted octanol–water partition coefficient (Wildman–Crippen LogP) is 4.86. The maximum atomic E-state index is 13.2. The van der Waals surface area contributed by atoms with Crippen molar-refractivity contribution in [2.24, 2.45) is 5.92 Å². The van der Waals surface area contributed by atoms with Crippen LogP contribution in [-0.4, -0.2) is 27.8 Å². The van der Waals surface area contributed by atoms with Gasteiger partial charge in [-0.1, -0.05) is 48.5 Å². The number of fused-ring (bicyclic) bond motifs is 3. The fraction of sp³-hybridized carbons (Fsp3) is 0.333. The second-order valence-corrected chi connectivity index (χ2v) is 7.99. The standard InChI is InChI=1S/C24H24N2O/c27-24(19-9-8-18-7-4-12-25-23(18)15-19)20-13-21-10-11-22(14-20)26(21)16-17-5-2-1-3-6-17/h1-9,12,15,20-22H,10-11,13-14,16H2. The molecule has 2 aliphatic heterocycles. The summed E-state index contributed by atoms with van der Waals surface area (Å²) in [6.07, 6.45) is 6.21. The van der Waals surface area contributed by atoms with Gasteiger partial charge in [-0.2, -0.15) is 0 Å². The van der Waals surface area contributed by atoms with Gasteiger partial charge in [0.05, 0.1) is 5.52 Å². The van der Waals surface area contributed by atoms with Crippen LogP contribution in [-0.2, 0) is 6.54 Å². The van der Waals surface area contributed by atoms with Gasteiger partial charge in [-0.25, -0.2) is 0 Å². The Morgan fingerprint density at radius 3 is 2.52 bits per heavy atom. The predicted molar refractivity (Wildman–Crippen MR) is 108 cm³/mol. The molecule has 0 saturated carbocycles. The van der Waals surface area contributed by atoms with E-state index in [4.69, 9.17) is 0 Å². The van der Waals surface area contributed by atoms with E-state index in [0.29, 0.717) is 17.9 Å². The van der Waals surface area contributed by atoms with Gasteiger partial charge in [0.1, 0.15) is 0 Å². The van der Waals surface area contributed by atoms with Crippen LogP contribution in [0.3, 0.4) is 0 Å². The number of hydrogen-bond acceptors (Lipinski definition) is 3. The number of aromatic nitrogens is 1. The van der Waals surface area contributed by atoms with Crippen LogP contribution in [0.4, 0.5) is 0 Å². The summed E-state index contributed by atoms with van der Waals surface area (Å²) in [5.74, 6) is 0.453. The van der Waals surface area contributed by atoms with Crippen molar-refractivity contribution in [3.8, 4) is 0 Å². The second kappa shape index (κ2) is 6.90. The number of benzene rings is 2. The molecule has 0 amide bonds. The molecule has 3 heteroatoms. The largest absolute Gasteiger partial charge is 0.294 e. The zero-order chi connectivity index (χ0) is 18.2. The molecule has 0 spiro atoms. The Labute approximate surface area is 160 Å². The average Bonchev–Trinajstić information content (AvgIpc) is 2.95. The topological polar surface area (TPSA) is 33.2 Å². The highest BCUT2D eigenvalue weighted by atomic mass is 16.1. The number of rotatable bonds is 4. The first-order chi connectivity index (χ1) is 13.3. The number of Topliss-reactive ketones (excluding diaryl/α,β-unsaturated/α-hetero) is 1. The van der Waals surface area contributed by atoms with Crippen molar-refractivity contribution in [3.63, 3.8) is 0 Å². The van der Waals surface area contributed by atoms with Gasteiger partial charge in [0.15, 0.2) is 5.78 Å². The highest BCUT2D eigenvalue weighted by molar-refractivity contribution is 6.00. The van der Waals surface area contributed by atoms with Crippen molar-refractivity contribution in [2.75, 3.05) is 0 Å². The Kier molecular flexibility index (Phi) is 4.25. The normalized spacial score (nSPS) is 25.0. The molecule has 2 bridgehead atoms. The van der Waals surface area contributed by atoms with Crippen LogP contribution in [0.2, 0.25) is 0 Å². The van der Waals surface area contributed by atoms with Crippen LogP contribution in [0, 0.1) is 5.92 Å². The second-order valence-electron chi connectivity index (χ2n) is 7.99. The van der Waals surface area contributed by atoms with E-state index >= 15 is 0 Å². The van der Waals surface area contributed by atoms with Crippen molar-refractivity contribution in [1.82, 2.24) is 9.88 Å². The average molecular weight is 356 g/mol. The summed E-state index contributed by atoms with van der Waals surface area (Å²) < 4.78 is 0. The molecule has 3 nitrogen and oxygen atoms in total. The summed E-state index contributed by atoms with van der Waals surface area (Å²) in [6, 6.07) is 21.7. The van der Waals surface area contributed by atoms with E-state index in [0.717, 1.165) is 35.9 Å². The summed E-state index contributed by atoms with van der Waals surface area (Å²) in [7, 11) is 0. The lowest BCUT2D eigenvalue weighted by Gasteiger charge is -2.38. The fourth-order valence-electron chi connectivity index (χ4n) is 5.00.